The van der Waals surface area contributed by atoms with Crippen LogP contribution in [0.15, 0.2) is 24.3 Å². The molecule has 0 bridgehead atoms. The molecule has 0 aromatic heterocycles. The molecule has 1 aliphatic rings. The second kappa shape index (κ2) is 5.40. The number of carbonyl (C=O) groups excluding carboxylic acids is 1. The number of alkyl halides is 4. The minimum atomic E-state index is -4.67. The predicted octanol–water partition coefficient (Wildman–Crippen LogP) is 2.54. The first kappa shape index (κ1) is 14.8. The molecule has 0 unspecified atom stereocenters. The van der Waals surface area contributed by atoms with E-state index in [0.717, 1.165) is 10.5 Å². The lowest BCUT2D eigenvalue weighted by molar-refractivity contribution is -0.166. The summed E-state index contributed by atoms with van der Waals surface area (Å²) in [5.41, 5.74) is 6.37. The van der Waals surface area contributed by atoms with Crippen LogP contribution in [-0.2, 0) is 11.3 Å². The van der Waals surface area contributed by atoms with Crippen molar-refractivity contribution in [1.82, 2.24) is 0 Å². The maximum atomic E-state index is 13.2. The molecular formula is C13H14F4N2O. The fraction of sp³-hybridized carbons (Fsp3) is 0.462. The van der Waals surface area contributed by atoms with Crippen LogP contribution in [-0.4, -0.2) is 24.3 Å². The van der Waals surface area contributed by atoms with Crippen molar-refractivity contribution in [1.29, 1.82) is 0 Å². The third-order valence-corrected chi connectivity index (χ3v) is 3.14. The molecule has 20 heavy (non-hydrogen) atoms. The summed E-state index contributed by atoms with van der Waals surface area (Å²) < 4.78 is 51.2. The van der Waals surface area contributed by atoms with Crippen LogP contribution < -0.4 is 10.6 Å². The van der Waals surface area contributed by atoms with E-state index in [1.165, 1.54) is 12.1 Å². The average molecular weight is 290 g/mol. The molecule has 0 aliphatic heterocycles. The highest BCUT2D eigenvalue weighted by Gasteiger charge is 2.53. The van der Waals surface area contributed by atoms with Crippen LogP contribution in [0.3, 0.4) is 0 Å². The molecule has 1 amide bonds. The molecule has 1 fully saturated rings. The van der Waals surface area contributed by atoms with Crippen molar-refractivity contribution in [2.24, 2.45) is 5.73 Å². The second-order valence-electron chi connectivity index (χ2n) is 4.70. The number of nitrogens with zero attached hydrogens (tertiary/aromatic N) is 1. The van der Waals surface area contributed by atoms with Crippen molar-refractivity contribution in [2.45, 2.75) is 37.8 Å². The van der Waals surface area contributed by atoms with Crippen molar-refractivity contribution in [3.63, 3.8) is 0 Å². The largest absolute Gasteiger partial charge is 0.384 e. The zero-order valence-corrected chi connectivity index (χ0v) is 10.5. The lowest BCUT2D eigenvalue weighted by Gasteiger charge is -2.26. The second-order valence-corrected chi connectivity index (χ2v) is 4.70. The van der Waals surface area contributed by atoms with E-state index in [1.54, 1.807) is 12.1 Å². The van der Waals surface area contributed by atoms with Crippen LogP contribution >= 0.6 is 0 Å². The average Bonchev–Trinajstić information content (AvgIpc) is 3.24. The Labute approximate surface area is 113 Å². The van der Waals surface area contributed by atoms with Gasteiger partial charge in [-0.1, -0.05) is 12.1 Å². The number of nitrogens with two attached hydrogens (primary N) is 1. The lowest BCUT2D eigenvalue weighted by Crippen LogP contribution is -2.49. The Kier molecular flexibility index (Phi) is 3.99. The molecule has 1 saturated carbocycles. The number of halogens is 4. The van der Waals surface area contributed by atoms with E-state index >= 15 is 0 Å². The Morgan fingerprint density at radius 3 is 2.25 bits per heavy atom. The van der Waals surface area contributed by atoms with Crippen molar-refractivity contribution in [3.8, 4) is 0 Å². The van der Waals surface area contributed by atoms with Gasteiger partial charge in [0, 0.05) is 18.3 Å². The Bertz CT molecular complexity index is 486. The number of carbonyl (C=O) groups is 1. The summed E-state index contributed by atoms with van der Waals surface area (Å²) in [5.74, 6) is -6.52. The van der Waals surface area contributed by atoms with Crippen LogP contribution in [0.5, 0.6) is 0 Å². The van der Waals surface area contributed by atoms with Crippen LogP contribution in [0.25, 0.3) is 0 Å². The quantitative estimate of drug-likeness (QED) is 0.847. The fourth-order valence-electron chi connectivity index (χ4n) is 1.87. The standard InChI is InChI=1S/C13H14F4N2O/c14-11(15)13(16,17)12(20)19(10-5-6-10)9-3-1-8(7-18)2-4-9/h1-4,10-11H,5-7,18H2. The molecular weight excluding hydrogens is 276 g/mol. The molecule has 1 aromatic carbocycles. The Balaban J connectivity index is 2.29. The number of anilines is 1. The zero-order chi connectivity index (χ0) is 14.9. The van der Waals surface area contributed by atoms with Gasteiger partial charge in [-0.2, -0.15) is 8.78 Å². The maximum absolute atomic E-state index is 13.2. The molecule has 3 nitrogen and oxygen atoms in total. The van der Waals surface area contributed by atoms with Gasteiger partial charge in [-0.25, -0.2) is 8.78 Å². The molecule has 0 radical (unpaired) electrons. The third-order valence-electron chi connectivity index (χ3n) is 3.14. The first-order valence-corrected chi connectivity index (χ1v) is 6.16. The Hall–Kier alpha value is -1.63. The number of benzene rings is 1. The van der Waals surface area contributed by atoms with E-state index in [1.807, 2.05) is 0 Å². The summed E-state index contributed by atoms with van der Waals surface area (Å²) in [6.45, 7) is 0.269. The van der Waals surface area contributed by atoms with Gasteiger partial charge in [0.15, 0.2) is 0 Å². The maximum Gasteiger partial charge on any atom is 0.384 e. The van der Waals surface area contributed by atoms with Gasteiger partial charge in [0.2, 0.25) is 0 Å². The molecule has 110 valence electrons. The lowest BCUT2D eigenvalue weighted by atomic mass is 10.1. The van der Waals surface area contributed by atoms with E-state index in [-0.39, 0.29) is 12.2 Å². The molecule has 0 atom stereocenters. The fourth-order valence-corrected chi connectivity index (χ4v) is 1.87. The van der Waals surface area contributed by atoms with Crippen molar-refractivity contribution >= 4 is 11.6 Å². The van der Waals surface area contributed by atoms with E-state index < -0.39 is 24.3 Å². The van der Waals surface area contributed by atoms with Gasteiger partial charge in [0.25, 0.3) is 0 Å². The van der Waals surface area contributed by atoms with Gasteiger partial charge < -0.3 is 10.6 Å². The molecule has 7 heteroatoms. The molecule has 0 saturated heterocycles. The first-order valence-electron chi connectivity index (χ1n) is 6.16. The van der Waals surface area contributed by atoms with E-state index in [4.69, 9.17) is 5.73 Å². The van der Waals surface area contributed by atoms with Gasteiger partial charge in [0.05, 0.1) is 0 Å². The van der Waals surface area contributed by atoms with E-state index in [9.17, 15) is 22.4 Å². The SMILES string of the molecule is NCc1ccc(N(C(=O)C(F)(F)C(F)F)C2CC2)cc1. The normalized spacial score (nSPS) is 15.5. The van der Waals surface area contributed by atoms with Crippen LogP contribution in [0.2, 0.25) is 0 Å². The molecule has 2 rings (SSSR count). The molecule has 0 spiro atoms. The van der Waals surface area contributed by atoms with Gasteiger partial charge in [0.1, 0.15) is 0 Å². The summed E-state index contributed by atoms with van der Waals surface area (Å²) in [4.78, 5) is 12.5. The van der Waals surface area contributed by atoms with Gasteiger partial charge >= 0.3 is 18.3 Å². The highest BCUT2D eigenvalue weighted by atomic mass is 19.3. The topological polar surface area (TPSA) is 46.3 Å². The highest BCUT2D eigenvalue weighted by Crippen LogP contribution is 2.36. The van der Waals surface area contributed by atoms with Gasteiger partial charge in [-0.3, -0.25) is 4.79 Å². The number of rotatable bonds is 5. The van der Waals surface area contributed by atoms with Crippen LogP contribution in [0, 0.1) is 0 Å². The van der Waals surface area contributed by atoms with Crippen molar-refractivity contribution < 1.29 is 22.4 Å². The molecule has 0 heterocycles. The minimum absolute atomic E-state index is 0.190. The predicted molar refractivity (Wildman–Crippen MR) is 65.8 cm³/mol. The summed E-state index contributed by atoms with van der Waals surface area (Å²) >= 11 is 0. The number of hydrogen-bond donors (Lipinski definition) is 1. The Morgan fingerprint density at radius 2 is 1.85 bits per heavy atom. The Morgan fingerprint density at radius 1 is 1.30 bits per heavy atom. The summed E-state index contributed by atoms with van der Waals surface area (Å²) in [6.07, 6.45) is -2.95. The minimum Gasteiger partial charge on any atom is -0.326 e. The van der Waals surface area contributed by atoms with Crippen molar-refractivity contribution in [2.75, 3.05) is 4.90 Å². The van der Waals surface area contributed by atoms with Crippen LogP contribution in [0.4, 0.5) is 23.2 Å². The monoisotopic (exact) mass is 290 g/mol. The number of amides is 1. The van der Waals surface area contributed by atoms with E-state index in [0.29, 0.717) is 12.8 Å². The van der Waals surface area contributed by atoms with Crippen LogP contribution in [0.1, 0.15) is 18.4 Å². The molecule has 1 aliphatic carbocycles. The summed E-state index contributed by atoms with van der Waals surface area (Å²) in [7, 11) is 0. The van der Waals surface area contributed by atoms with Crippen molar-refractivity contribution in [3.05, 3.63) is 29.8 Å². The van der Waals surface area contributed by atoms with Gasteiger partial charge in [-0.05, 0) is 30.5 Å². The summed E-state index contributed by atoms with van der Waals surface area (Å²) in [5, 5.41) is 0. The first-order chi connectivity index (χ1) is 9.37. The van der Waals surface area contributed by atoms with Gasteiger partial charge in [-0.15, -0.1) is 0 Å². The highest BCUT2D eigenvalue weighted by molar-refractivity contribution is 5.99. The molecule has 1 aromatic rings. The number of hydrogen-bond acceptors (Lipinski definition) is 2. The van der Waals surface area contributed by atoms with E-state index in [2.05, 4.69) is 0 Å². The zero-order valence-electron chi connectivity index (χ0n) is 10.5. The molecule has 2 N–H and O–H groups in total. The third kappa shape index (κ3) is 2.77. The summed E-state index contributed by atoms with van der Waals surface area (Å²) in [6, 6.07) is 5.62. The smallest absolute Gasteiger partial charge is 0.326 e.